The second-order valence-corrected chi connectivity index (χ2v) is 8.61. The van der Waals surface area contributed by atoms with E-state index in [-0.39, 0.29) is 42.6 Å². The van der Waals surface area contributed by atoms with E-state index >= 15 is 0 Å². The Kier molecular flexibility index (Phi) is 11.6. The third kappa shape index (κ3) is 9.26. The Hall–Kier alpha value is -2.24. The monoisotopic (exact) mass is 516 g/mol. The van der Waals surface area contributed by atoms with Gasteiger partial charge in [0.05, 0.1) is 29.3 Å². The molecule has 12 heteroatoms. The fourth-order valence-corrected chi connectivity index (χ4v) is 3.95. The predicted molar refractivity (Wildman–Crippen MR) is 128 cm³/mol. The second-order valence-electron chi connectivity index (χ2n) is 6.91. The average molecular weight is 517 g/mol. The molecule has 2 rings (SSSR count). The number of thiazole rings is 1. The van der Waals surface area contributed by atoms with Crippen molar-refractivity contribution in [3.63, 3.8) is 0 Å². The number of nitrogens with zero attached hydrogens (tertiary/aromatic N) is 2. The zero-order valence-electron chi connectivity index (χ0n) is 18.4. The molecule has 2 N–H and O–H groups in total. The summed E-state index contributed by atoms with van der Waals surface area (Å²) in [7, 11) is 3.11. The van der Waals surface area contributed by atoms with Gasteiger partial charge >= 0.3 is 0 Å². The van der Waals surface area contributed by atoms with Crippen LogP contribution in [-0.2, 0) is 25.5 Å². The lowest BCUT2D eigenvalue weighted by atomic mass is 10.2. The zero-order chi connectivity index (χ0) is 24.2. The molecule has 0 aliphatic rings. The van der Waals surface area contributed by atoms with Crippen molar-refractivity contribution in [2.75, 3.05) is 52.4 Å². The van der Waals surface area contributed by atoms with E-state index in [1.807, 2.05) is 0 Å². The van der Waals surface area contributed by atoms with Gasteiger partial charge in [-0.1, -0.05) is 23.2 Å². The van der Waals surface area contributed by atoms with Crippen LogP contribution in [-0.4, -0.2) is 74.7 Å². The summed E-state index contributed by atoms with van der Waals surface area (Å²) in [6, 6.07) is 4.54. The first-order chi connectivity index (χ1) is 15.8. The van der Waals surface area contributed by atoms with Crippen molar-refractivity contribution in [2.45, 2.75) is 12.8 Å². The Bertz CT molecular complexity index is 956. The number of benzene rings is 1. The highest BCUT2D eigenvalue weighted by Crippen LogP contribution is 2.22. The number of rotatable bonds is 13. The van der Waals surface area contributed by atoms with Crippen molar-refractivity contribution in [3.05, 3.63) is 44.9 Å². The maximum Gasteiger partial charge on any atom is 0.255 e. The maximum absolute atomic E-state index is 12.9. The van der Waals surface area contributed by atoms with Gasteiger partial charge in [0, 0.05) is 44.3 Å². The molecule has 0 fully saturated rings. The van der Waals surface area contributed by atoms with E-state index in [0.29, 0.717) is 29.0 Å². The number of hydrogen-bond acceptors (Lipinski definition) is 7. The summed E-state index contributed by atoms with van der Waals surface area (Å²) in [5.41, 5.74) is 0.776. The molecule has 180 valence electrons. The minimum Gasteiger partial charge on any atom is -0.385 e. The standard InChI is InChI=1S/C21H26Cl2N4O5S/c1-31-8-3-6-24-18(28)11-15-13-33-21(25-15)26-19(29)12-27(7-9-32-2)20(30)16-5-4-14(22)10-17(16)23/h4-5,10,13H,3,6-9,11-12H2,1-2H3,(H,24,28)(H,25,26,29). The number of methoxy groups -OCH3 is 2. The molecule has 0 radical (unpaired) electrons. The lowest BCUT2D eigenvalue weighted by molar-refractivity contribution is -0.120. The molecule has 1 heterocycles. The third-order valence-corrected chi connectivity index (χ3v) is 5.69. The molecule has 0 atom stereocenters. The Balaban J connectivity index is 1.94. The van der Waals surface area contributed by atoms with E-state index in [4.69, 9.17) is 32.7 Å². The highest BCUT2D eigenvalue weighted by atomic mass is 35.5. The molecule has 0 saturated carbocycles. The molecular formula is C21H26Cl2N4O5S. The normalized spacial score (nSPS) is 10.7. The van der Waals surface area contributed by atoms with Crippen LogP contribution in [0.2, 0.25) is 10.0 Å². The van der Waals surface area contributed by atoms with Crippen LogP contribution in [0.25, 0.3) is 0 Å². The van der Waals surface area contributed by atoms with Crippen molar-refractivity contribution < 1.29 is 23.9 Å². The highest BCUT2D eigenvalue weighted by molar-refractivity contribution is 7.13. The number of carbonyl (C=O) groups excluding carboxylic acids is 3. The molecule has 0 bridgehead atoms. The summed E-state index contributed by atoms with van der Waals surface area (Å²) < 4.78 is 9.99. The lowest BCUT2D eigenvalue weighted by Crippen LogP contribution is -2.40. The Labute approximate surface area is 206 Å². The highest BCUT2D eigenvalue weighted by Gasteiger charge is 2.21. The van der Waals surface area contributed by atoms with Gasteiger partial charge in [-0.25, -0.2) is 4.98 Å². The first-order valence-electron chi connectivity index (χ1n) is 10.1. The Morgan fingerprint density at radius 2 is 1.88 bits per heavy atom. The Morgan fingerprint density at radius 1 is 1.12 bits per heavy atom. The van der Waals surface area contributed by atoms with Crippen LogP contribution in [0, 0.1) is 0 Å². The number of amides is 3. The first kappa shape index (κ1) is 27.0. The molecule has 0 aliphatic carbocycles. The molecule has 9 nitrogen and oxygen atoms in total. The topological polar surface area (TPSA) is 110 Å². The first-order valence-corrected chi connectivity index (χ1v) is 11.7. The quantitative estimate of drug-likeness (QED) is 0.396. The molecule has 1 aromatic carbocycles. The third-order valence-electron chi connectivity index (χ3n) is 4.34. The summed E-state index contributed by atoms with van der Waals surface area (Å²) >= 11 is 13.2. The van der Waals surface area contributed by atoms with Crippen LogP contribution in [0.1, 0.15) is 22.5 Å². The van der Waals surface area contributed by atoms with E-state index in [9.17, 15) is 14.4 Å². The number of carbonyl (C=O) groups is 3. The van der Waals surface area contributed by atoms with Crippen LogP contribution in [0.4, 0.5) is 5.13 Å². The fourth-order valence-electron chi connectivity index (χ4n) is 2.74. The maximum atomic E-state index is 12.9. The average Bonchev–Trinajstić information content (AvgIpc) is 3.20. The largest absolute Gasteiger partial charge is 0.385 e. The van der Waals surface area contributed by atoms with Gasteiger partial charge in [-0.3, -0.25) is 14.4 Å². The summed E-state index contributed by atoms with van der Waals surface area (Å²) in [4.78, 5) is 43.1. The zero-order valence-corrected chi connectivity index (χ0v) is 20.7. The van der Waals surface area contributed by atoms with Crippen LogP contribution in [0.5, 0.6) is 0 Å². The molecule has 1 aromatic heterocycles. The van der Waals surface area contributed by atoms with Gasteiger partial charge in [0.15, 0.2) is 5.13 Å². The smallest absolute Gasteiger partial charge is 0.255 e. The summed E-state index contributed by atoms with van der Waals surface area (Å²) in [6.45, 7) is 1.29. The van der Waals surface area contributed by atoms with Crippen molar-refractivity contribution >= 4 is 57.4 Å². The van der Waals surface area contributed by atoms with E-state index in [0.717, 1.165) is 6.42 Å². The van der Waals surface area contributed by atoms with E-state index in [1.165, 1.54) is 35.5 Å². The number of anilines is 1. The molecule has 0 saturated heterocycles. The van der Waals surface area contributed by atoms with Crippen molar-refractivity contribution in [2.24, 2.45) is 0 Å². The van der Waals surface area contributed by atoms with Crippen LogP contribution < -0.4 is 10.6 Å². The van der Waals surface area contributed by atoms with Gasteiger partial charge < -0.3 is 25.0 Å². The molecule has 0 unspecified atom stereocenters. The molecule has 3 amide bonds. The van der Waals surface area contributed by atoms with Gasteiger partial charge in [-0.2, -0.15) is 0 Å². The van der Waals surface area contributed by atoms with Crippen LogP contribution in [0.15, 0.2) is 23.6 Å². The lowest BCUT2D eigenvalue weighted by Gasteiger charge is -2.22. The summed E-state index contributed by atoms with van der Waals surface area (Å²) in [5, 5.41) is 8.08. The molecule has 2 aromatic rings. The molecule has 0 spiro atoms. The summed E-state index contributed by atoms with van der Waals surface area (Å²) in [6.07, 6.45) is 0.826. The minimum absolute atomic E-state index is 0.104. The minimum atomic E-state index is -0.436. The van der Waals surface area contributed by atoms with Crippen molar-refractivity contribution in [1.82, 2.24) is 15.2 Å². The predicted octanol–water partition coefficient (Wildman–Crippen LogP) is 2.87. The van der Waals surface area contributed by atoms with Gasteiger partial charge in [0.25, 0.3) is 5.91 Å². The van der Waals surface area contributed by atoms with E-state index in [2.05, 4.69) is 15.6 Å². The van der Waals surface area contributed by atoms with Crippen molar-refractivity contribution in [3.8, 4) is 0 Å². The fraction of sp³-hybridized carbons (Fsp3) is 0.429. The number of aromatic nitrogens is 1. The van der Waals surface area contributed by atoms with Gasteiger partial charge in [-0.15, -0.1) is 11.3 Å². The number of nitrogens with one attached hydrogen (secondary N) is 2. The summed E-state index contributed by atoms with van der Waals surface area (Å²) in [5.74, 6) is -1.02. The number of ether oxygens (including phenoxy) is 2. The SMILES string of the molecule is COCCCNC(=O)Cc1csc(NC(=O)CN(CCOC)C(=O)c2ccc(Cl)cc2Cl)n1. The molecule has 0 aliphatic heterocycles. The number of halogens is 2. The van der Waals surface area contributed by atoms with Gasteiger partial charge in [0.1, 0.15) is 6.54 Å². The molecule has 33 heavy (non-hydrogen) atoms. The van der Waals surface area contributed by atoms with Gasteiger partial charge in [-0.05, 0) is 24.6 Å². The van der Waals surface area contributed by atoms with E-state index < -0.39 is 11.8 Å². The van der Waals surface area contributed by atoms with Gasteiger partial charge in [0.2, 0.25) is 11.8 Å². The molecular weight excluding hydrogens is 491 g/mol. The Morgan fingerprint density at radius 3 is 2.58 bits per heavy atom. The van der Waals surface area contributed by atoms with Crippen LogP contribution >= 0.6 is 34.5 Å². The van der Waals surface area contributed by atoms with Crippen LogP contribution in [0.3, 0.4) is 0 Å². The van der Waals surface area contributed by atoms with Crippen molar-refractivity contribution in [1.29, 1.82) is 0 Å². The van der Waals surface area contributed by atoms with E-state index in [1.54, 1.807) is 18.6 Å². The number of hydrogen-bond donors (Lipinski definition) is 2. The second kappa shape index (κ2) is 14.1.